The molecule has 176 valence electrons. The SMILES string of the molecule is O=C(NC1CCCCCC1)c1ccc(NC(=O)N2CCn3nc(-c4ccccc4)cc3C2)cc1. The van der Waals surface area contributed by atoms with Gasteiger partial charge in [-0.25, -0.2) is 4.79 Å². The van der Waals surface area contributed by atoms with Gasteiger partial charge in [0.2, 0.25) is 0 Å². The van der Waals surface area contributed by atoms with Crippen LogP contribution in [0.4, 0.5) is 10.5 Å². The number of benzene rings is 2. The average Bonchev–Trinajstić information content (AvgIpc) is 3.14. The Balaban J connectivity index is 1.17. The zero-order valence-corrected chi connectivity index (χ0v) is 19.4. The lowest BCUT2D eigenvalue weighted by molar-refractivity contribution is 0.0933. The molecule has 0 saturated heterocycles. The lowest BCUT2D eigenvalue weighted by Gasteiger charge is -2.27. The van der Waals surface area contributed by atoms with E-state index in [-0.39, 0.29) is 18.0 Å². The second-order valence-electron chi connectivity index (χ2n) is 9.20. The van der Waals surface area contributed by atoms with E-state index in [9.17, 15) is 9.59 Å². The fourth-order valence-corrected chi connectivity index (χ4v) is 4.79. The summed E-state index contributed by atoms with van der Waals surface area (Å²) in [6, 6.07) is 19.4. The number of aromatic nitrogens is 2. The minimum Gasteiger partial charge on any atom is -0.349 e. The van der Waals surface area contributed by atoms with Crippen LogP contribution in [-0.4, -0.2) is 39.2 Å². The molecule has 2 N–H and O–H groups in total. The summed E-state index contributed by atoms with van der Waals surface area (Å²) in [5.74, 6) is -0.0386. The maximum absolute atomic E-state index is 12.9. The van der Waals surface area contributed by atoms with E-state index in [0.717, 1.165) is 29.8 Å². The van der Waals surface area contributed by atoms with Gasteiger partial charge in [0.25, 0.3) is 5.91 Å². The van der Waals surface area contributed by atoms with E-state index in [4.69, 9.17) is 5.10 Å². The van der Waals surface area contributed by atoms with Crippen LogP contribution in [0.25, 0.3) is 11.3 Å². The van der Waals surface area contributed by atoms with Gasteiger partial charge in [-0.15, -0.1) is 0 Å². The van der Waals surface area contributed by atoms with Crippen molar-refractivity contribution in [2.75, 3.05) is 11.9 Å². The first-order chi connectivity index (χ1) is 16.7. The van der Waals surface area contributed by atoms with Crippen molar-refractivity contribution in [2.45, 2.75) is 57.7 Å². The van der Waals surface area contributed by atoms with Gasteiger partial charge in [0.1, 0.15) is 0 Å². The molecule has 0 atom stereocenters. The molecule has 2 aliphatic rings. The Bertz CT molecular complexity index is 1130. The Labute approximate surface area is 200 Å². The number of hydrogen-bond acceptors (Lipinski definition) is 3. The van der Waals surface area contributed by atoms with Crippen molar-refractivity contribution in [1.29, 1.82) is 0 Å². The Morgan fingerprint density at radius 3 is 2.35 bits per heavy atom. The van der Waals surface area contributed by atoms with Crippen molar-refractivity contribution >= 4 is 17.6 Å². The molecule has 34 heavy (non-hydrogen) atoms. The van der Waals surface area contributed by atoms with Gasteiger partial charge in [-0.05, 0) is 43.2 Å². The molecule has 0 unspecified atom stereocenters. The van der Waals surface area contributed by atoms with Crippen molar-refractivity contribution in [1.82, 2.24) is 20.0 Å². The van der Waals surface area contributed by atoms with E-state index in [0.29, 0.717) is 30.9 Å². The highest BCUT2D eigenvalue weighted by Gasteiger charge is 2.23. The van der Waals surface area contributed by atoms with E-state index in [2.05, 4.69) is 16.7 Å². The Morgan fingerprint density at radius 1 is 0.882 bits per heavy atom. The summed E-state index contributed by atoms with van der Waals surface area (Å²) < 4.78 is 1.98. The van der Waals surface area contributed by atoms with Crippen LogP contribution in [0.3, 0.4) is 0 Å². The summed E-state index contributed by atoms with van der Waals surface area (Å²) in [4.78, 5) is 27.3. The van der Waals surface area contributed by atoms with Crippen LogP contribution in [0.5, 0.6) is 0 Å². The maximum atomic E-state index is 12.9. The molecular weight excluding hydrogens is 426 g/mol. The molecule has 2 aromatic carbocycles. The third kappa shape index (κ3) is 5.14. The third-order valence-electron chi connectivity index (χ3n) is 6.74. The average molecular weight is 458 g/mol. The largest absolute Gasteiger partial charge is 0.349 e. The van der Waals surface area contributed by atoms with Crippen molar-refractivity contribution < 1.29 is 9.59 Å². The normalized spacial score (nSPS) is 16.4. The molecule has 7 nitrogen and oxygen atoms in total. The third-order valence-corrected chi connectivity index (χ3v) is 6.74. The lowest BCUT2D eigenvalue weighted by atomic mass is 10.1. The predicted molar refractivity (Wildman–Crippen MR) is 132 cm³/mol. The predicted octanol–water partition coefficient (Wildman–Crippen LogP) is 5.05. The molecule has 1 aromatic heterocycles. The van der Waals surface area contributed by atoms with E-state index < -0.39 is 0 Å². The number of amides is 3. The highest BCUT2D eigenvalue weighted by molar-refractivity contribution is 5.95. The fourth-order valence-electron chi connectivity index (χ4n) is 4.79. The molecule has 2 heterocycles. The second-order valence-corrected chi connectivity index (χ2v) is 9.20. The number of nitrogens with one attached hydrogen (secondary N) is 2. The summed E-state index contributed by atoms with van der Waals surface area (Å²) in [5.41, 5.74) is 4.32. The quantitative estimate of drug-likeness (QED) is 0.538. The first kappa shape index (κ1) is 22.2. The number of carbonyl (C=O) groups is 2. The first-order valence-corrected chi connectivity index (χ1v) is 12.2. The number of carbonyl (C=O) groups excluding carboxylic acids is 2. The topological polar surface area (TPSA) is 79.3 Å². The van der Waals surface area contributed by atoms with Crippen molar-refractivity contribution in [3.8, 4) is 11.3 Å². The molecule has 3 aromatic rings. The molecule has 7 heteroatoms. The number of nitrogens with zero attached hydrogens (tertiary/aromatic N) is 3. The molecule has 1 aliphatic carbocycles. The van der Waals surface area contributed by atoms with Gasteiger partial charge in [-0.3, -0.25) is 9.48 Å². The monoisotopic (exact) mass is 457 g/mol. The summed E-state index contributed by atoms with van der Waals surface area (Å²) in [6.07, 6.45) is 6.99. The van der Waals surface area contributed by atoms with Crippen LogP contribution in [0, 0.1) is 0 Å². The number of urea groups is 1. The Hall–Kier alpha value is -3.61. The Morgan fingerprint density at radius 2 is 1.62 bits per heavy atom. The Kier molecular flexibility index (Phi) is 6.60. The standard InChI is InChI=1S/C27H31N5O2/c33-26(28-22-10-6-1-2-7-11-22)21-12-14-23(15-13-21)29-27(34)31-16-17-32-24(19-31)18-25(30-32)20-8-4-3-5-9-20/h3-5,8-9,12-15,18,22H,1-2,6-7,10-11,16-17,19H2,(H,28,33)(H,29,34). The van der Waals surface area contributed by atoms with Crippen molar-refractivity contribution in [3.63, 3.8) is 0 Å². The summed E-state index contributed by atoms with van der Waals surface area (Å²) in [6.45, 7) is 1.76. The van der Waals surface area contributed by atoms with Gasteiger partial charge in [0, 0.05) is 29.4 Å². The highest BCUT2D eigenvalue weighted by Crippen LogP contribution is 2.23. The first-order valence-electron chi connectivity index (χ1n) is 12.2. The van der Waals surface area contributed by atoms with E-state index in [1.165, 1.54) is 25.7 Å². The maximum Gasteiger partial charge on any atom is 0.322 e. The van der Waals surface area contributed by atoms with Crippen LogP contribution < -0.4 is 10.6 Å². The number of fused-ring (bicyclic) bond motifs is 1. The van der Waals surface area contributed by atoms with Gasteiger partial charge in [0.15, 0.2) is 0 Å². The minimum atomic E-state index is -0.149. The van der Waals surface area contributed by atoms with Crippen molar-refractivity contribution in [3.05, 3.63) is 71.9 Å². The second kappa shape index (κ2) is 10.1. The molecule has 0 spiro atoms. The number of hydrogen-bond donors (Lipinski definition) is 2. The van der Waals surface area contributed by atoms with E-state index >= 15 is 0 Å². The molecule has 1 aliphatic heterocycles. The smallest absolute Gasteiger partial charge is 0.322 e. The van der Waals surface area contributed by atoms with Crippen LogP contribution in [0.1, 0.15) is 54.6 Å². The molecule has 3 amide bonds. The molecule has 0 bridgehead atoms. The van der Waals surface area contributed by atoms with Gasteiger partial charge in [-0.2, -0.15) is 5.10 Å². The molecule has 0 radical (unpaired) electrons. The van der Waals surface area contributed by atoms with Crippen LogP contribution in [0.15, 0.2) is 60.7 Å². The molecule has 5 rings (SSSR count). The van der Waals surface area contributed by atoms with E-state index in [1.807, 2.05) is 35.0 Å². The van der Waals surface area contributed by atoms with Gasteiger partial charge >= 0.3 is 6.03 Å². The van der Waals surface area contributed by atoms with Gasteiger partial charge < -0.3 is 15.5 Å². The summed E-state index contributed by atoms with van der Waals surface area (Å²) in [5, 5.41) is 10.8. The summed E-state index contributed by atoms with van der Waals surface area (Å²) >= 11 is 0. The zero-order chi connectivity index (χ0) is 23.3. The van der Waals surface area contributed by atoms with E-state index in [1.54, 1.807) is 29.2 Å². The molecule has 1 fully saturated rings. The molecular formula is C27H31N5O2. The number of anilines is 1. The molecule has 1 saturated carbocycles. The fraction of sp³-hybridized carbons (Fsp3) is 0.370. The van der Waals surface area contributed by atoms with Crippen LogP contribution in [-0.2, 0) is 13.1 Å². The van der Waals surface area contributed by atoms with Crippen molar-refractivity contribution in [2.24, 2.45) is 0 Å². The summed E-state index contributed by atoms with van der Waals surface area (Å²) in [7, 11) is 0. The van der Waals surface area contributed by atoms with Gasteiger partial charge in [-0.1, -0.05) is 56.0 Å². The lowest BCUT2D eigenvalue weighted by Crippen LogP contribution is -2.40. The number of rotatable bonds is 4. The zero-order valence-electron chi connectivity index (χ0n) is 19.4. The minimum absolute atomic E-state index is 0.0386. The highest BCUT2D eigenvalue weighted by atomic mass is 16.2. The van der Waals surface area contributed by atoms with Crippen LogP contribution >= 0.6 is 0 Å². The van der Waals surface area contributed by atoms with Crippen LogP contribution in [0.2, 0.25) is 0 Å². The van der Waals surface area contributed by atoms with Gasteiger partial charge in [0.05, 0.1) is 24.5 Å².